The van der Waals surface area contributed by atoms with Gasteiger partial charge in [-0.05, 0) is 44.4 Å². The Labute approximate surface area is 145 Å². The zero-order valence-electron chi connectivity index (χ0n) is 14.8. The van der Waals surface area contributed by atoms with Crippen LogP contribution in [0.5, 0.6) is 0 Å². The highest BCUT2D eigenvalue weighted by atomic mass is 16.4. The lowest BCUT2D eigenvalue weighted by molar-refractivity contribution is -0.146. The van der Waals surface area contributed by atoms with E-state index in [9.17, 15) is 14.7 Å². The van der Waals surface area contributed by atoms with E-state index in [2.05, 4.69) is 19.1 Å². The van der Waals surface area contributed by atoms with Crippen LogP contribution < -0.4 is 0 Å². The molecule has 0 amide bonds. The molecule has 4 nitrogen and oxygen atoms in total. The first-order chi connectivity index (χ1) is 11.6. The van der Waals surface area contributed by atoms with E-state index in [4.69, 9.17) is 5.11 Å². The fourth-order valence-electron chi connectivity index (χ4n) is 3.17. The number of aliphatic hydroxyl groups excluding tert-OH is 1. The highest BCUT2D eigenvalue weighted by molar-refractivity contribution is 5.83. The molecular weight excluding hydrogens is 304 g/mol. The second-order valence-electron chi connectivity index (χ2n) is 6.69. The summed E-state index contributed by atoms with van der Waals surface area (Å²) >= 11 is 0. The summed E-state index contributed by atoms with van der Waals surface area (Å²) in [4.78, 5) is 22.5. The van der Waals surface area contributed by atoms with Gasteiger partial charge in [-0.25, -0.2) is 4.79 Å². The molecule has 1 unspecified atom stereocenters. The summed E-state index contributed by atoms with van der Waals surface area (Å²) in [6.45, 7) is 2.21. The number of rotatable bonds is 12. The van der Waals surface area contributed by atoms with E-state index in [1.54, 1.807) is 0 Å². The van der Waals surface area contributed by atoms with Crippen molar-refractivity contribution in [3.63, 3.8) is 0 Å². The predicted molar refractivity (Wildman–Crippen MR) is 95.8 cm³/mol. The minimum absolute atomic E-state index is 0.0672. The van der Waals surface area contributed by atoms with Crippen LogP contribution in [0.2, 0.25) is 0 Å². The lowest BCUT2D eigenvalue weighted by Crippen LogP contribution is -2.18. The molecule has 0 aliphatic heterocycles. The van der Waals surface area contributed by atoms with Gasteiger partial charge in [0.25, 0.3) is 0 Å². The van der Waals surface area contributed by atoms with Gasteiger partial charge in [0, 0.05) is 12.3 Å². The summed E-state index contributed by atoms with van der Waals surface area (Å²) in [6.07, 6.45) is 16.2. The molecule has 1 saturated carbocycles. The number of unbranched alkanes of at least 4 members (excludes halogenated alkanes) is 4. The molecule has 1 fully saturated rings. The number of allylic oxidation sites excluding steroid dienone is 4. The van der Waals surface area contributed by atoms with Crippen LogP contribution in [0.25, 0.3) is 0 Å². The molecule has 0 aromatic heterocycles. The summed E-state index contributed by atoms with van der Waals surface area (Å²) in [5, 5.41) is 17.8. The van der Waals surface area contributed by atoms with Crippen molar-refractivity contribution >= 4 is 11.8 Å². The average molecular weight is 336 g/mol. The van der Waals surface area contributed by atoms with Gasteiger partial charge >= 0.3 is 5.97 Å². The minimum Gasteiger partial charge on any atom is -0.479 e. The molecule has 1 aliphatic rings. The average Bonchev–Trinajstić information content (AvgIpc) is 2.90. The van der Waals surface area contributed by atoms with Gasteiger partial charge in [0.2, 0.25) is 0 Å². The van der Waals surface area contributed by atoms with Crippen LogP contribution in [0.3, 0.4) is 0 Å². The van der Waals surface area contributed by atoms with Crippen molar-refractivity contribution in [2.75, 3.05) is 0 Å². The Kier molecular flexibility index (Phi) is 10.3. The first kappa shape index (κ1) is 20.6. The van der Waals surface area contributed by atoms with E-state index in [-0.39, 0.29) is 12.3 Å². The highest BCUT2D eigenvalue weighted by Crippen LogP contribution is 2.32. The van der Waals surface area contributed by atoms with Gasteiger partial charge in [-0.15, -0.1) is 0 Å². The minimum atomic E-state index is -1.30. The molecule has 0 heterocycles. The standard InChI is InChI=1S/C20H32O4/c1-2-3-4-5-6-8-11-16-14-15-18(21)17(16)12-9-7-10-13-19(22)20(23)24/h7-9,11,16-17,19,22H,2-6,10,12-15H2,1H3,(H,23,24)/t16-,17+,19?/m0/s1. The third kappa shape index (κ3) is 7.91. The molecule has 0 saturated heterocycles. The SMILES string of the molecule is CCCCCCC=C[C@H]1CCC(=O)[C@@H]1CC=CCCC(O)C(=O)O. The molecular formula is C20H32O4. The van der Waals surface area contributed by atoms with E-state index < -0.39 is 12.1 Å². The molecule has 1 aliphatic carbocycles. The fraction of sp³-hybridized carbons (Fsp3) is 0.700. The van der Waals surface area contributed by atoms with Crippen LogP contribution in [-0.2, 0) is 9.59 Å². The molecule has 4 heteroatoms. The zero-order valence-corrected chi connectivity index (χ0v) is 14.8. The van der Waals surface area contributed by atoms with Gasteiger partial charge in [-0.2, -0.15) is 0 Å². The van der Waals surface area contributed by atoms with E-state index in [1.165, 1.54) is 25.7 Å². The van der Waals surface area contributed by atoms with Crippen LogP contribution >= 0.6 is 0 Å². The molecule has 24 heavy (non-hydrogen) atoms. The number of ketones is 1. The third-order valence-corrected chi connectivity index (χ3v) is 4.71. The Bertz CT molecular complexity index is 439. The maximum Gasteiger partial charge on any atom is 0.332 e. The molecule has 0 radical (unpaired) electrons. The number of carboxylic acid groups (broad SMARTS) is 1. The van der Waals surface area contributed by atoms with Crippen LogP contribution in [0.1, 0.15) is 71.1 Å². The van der Waals surface area contributed by atoms with Crippen molar-refractivity contribution in [1.29, 1.82) is 0 Å². The summed E-state index contributed by atoms with van der Waals surface area (Å²) < 4.78 is 0. The Hall–Kier alpha value is -1.42. The lowest BCUT2D eigenvalue weighted by atomic mass is 9.91. The van der Waals surface area contributed by atoms with Gasteiger partial charge in [-0.1, -0.05) is 50.5 Å². The lowest BCUT2D eigenvalue weighted by Gasteiger charge is -2.12. The molecule has 136 valence electrons. The number of carbonyl (C=O) groups excluding carboxylic acids is 1. The van der Waals surface area contributed by atoms with Crippen molar-refractivity contribution in [2.45, 2.75) is 77.2 Å². The van der Waals surface area contributed by atoms with Gasteiger partial charge in [0.15, 0.2) is 6.10 Å². The highest BCUT2D eigenvalue weighted by Gasteiger charge is 2.31. The zero-order chi connectivity index (χ0) is 17.8. The smallest absolute Gasteiger partial charge is 0.332 e. The van der Waals surface area contributed by atoms with Gasteiger partial charge in [0.1, 0.15) is 5.78 Å². The van der Waals surface area contributed by atoms with Gasteiger partial charge in [-0.3, -0.25) is 4.79 Å². The Morgan fingerprint density at radius 2 is 2.00 bits per heavy atom. The van der Waals surface area contributed by atoms with Crippen LogP contribution in [0.15, 0.2) is 24.3 Å². The van der Waals surface area contributed by atoms with Gasteiger partial charge < -0.3 is 10.2 Å². The topological polar surface area (TPSA) is 74.6 Å². The van der Waals surface area contributed by atoms with Crippen molar-refractivity contribution in [3.8, 4) is 0 Å². The predicted octanol–water partition coefficient (Wildman–Crippen LogP) is 4.28. The molecule has 0 aromatic rings. The maximum absolute atomic E-state index is 12.0. The molecule has 0 spiro atoms. The summed E-state index contributed by atoms with van der Waals surface area (Å²) in [5.41, 5.74) is 0. The van der Waals surface area contributed by atoms with Crippen LogP contribution in [-0.4, -0.2) is 28.1 Å². The summed E-state index contributed by atoms with van der Waals surface area (Å²) in [5.74, 6) is -0.431. The largest absolute Gasteiger partial charge is 0.479 e. The van der Waals surface area contributed by atoms with E-state index in [1.807, 2.05) is 12.2 Å². The number of aliphatic carboxylic acids is 1. The number of hydrogen-bond donors (Lipinski definition) is 2. The van der Waals surface area contributed by atoms with Crippen molar-refractivity contribution in [1.82, 2.24) is 0 Å². The molecule has 2 N–H and O–H groups in total. The monoisotopic (exact) mass is 336 g/mol. The maximum atomic E-state index is 12.0. The van der Waals surface area contributed by atoms with Crippen LogP contribution in [0, 0.1) is 11.8 Å². The molecule has 1 rings (SSSR count). The Morgan fingerprint density at radius 1 is 1.21 bits per heavy atom. The van der Waals surface area contributed by atoms with Crippen molar-refractivity contribution < 1.29 is 19.8 Å². The number of aliphatic hydroxyl groups is 1. The van der Waals surface area contributed by atoms with Crippen molar-refractivity contribution in [2.24, 2.45) is 11.8 Å². The number of hydrogen-bond acceptors (Lipinski definition) is 3. The first-order valence-corrected chi connectivity index (χ1v) is 9.31. The first-order valence-electron chi connectivity index (χ1n) is 9.31. The number of carbonyl (C=O) groups is 2. The second kappa shape index (κ2) is 12.0. The van der Waals surface area contributed by atoms with Crippen molar-refractivity contribution in [3.05, 3.63) is 24.3 Å². The fourth-order valence-corrected chi connectivity index (χ4v) is 3.17. The molecule has 0 aromatic carbocycles. The Balaban J connectivity index is 2.31. The quantitative estimate of drug-likeness (QED) is 0.412. The normalized spacial score (nSPS) is 22.7. The molecule has 0 bridgehead atoms. The van der Waals surface area contributed by atoms with E-state index in [0.29, 0.717) is 31.0 Å². The summed E-state index contributed by atoms with van der Waals surface area (Å²) in [6, 6.07) is 0. The third-order valence-electron chi connectivity index (χ3n) is 4.71. The number of carboxylic acids is 1. The number of Topliss-reactive ketones (excluding diaryl/α,β-unsaturated/α-hetero) is 1. The summed E-state index contributed by atoms with van der Waals surface area (Å²) in [7, 11) is 0. The Morgan fingerprint density at radius 3 is 2.71 bits per heavy atom. The molecule has 3 atom stereocenters. The van der Waals surface area contributed by atoms with E-state index in [0.717, 1.165) is 12.8 Å². The second-order valence-corrected chi connectivity index (χ2v) is 6.69. The van der Waals surface area contributed by atoms with Gasteiger partial charge in [0.05, 0.1) is 0 Å². The van der Waals surface area contributed by atoms with E-state index >= 15 is 0 Å². The van der Waals surface area contributed by atoms with Crippen LogP contribution in [0.4, 0.5) is 0 Å².